The molecule has 0 aromatic carbocycles. The molecule has 3 aromatic rings. The molecule has 0 unspecified atom stereocenters. The second kappa shape index (κ2) is 5.71. The fourth-order valence-corrected chi connectivity index (χ4v) is 4.38. The number of imidazole rings is 1. The lowest BCUT2D eigenvalue weighted by Gasteiger charge is -2.08. The standard InChI is InChI=1S/C13H11ClN4O2S2/c1-9-15-6-7-18(9)12-4-2-10(8-16-12)17-22(19,20)13-5-3-11(14)21-13/h2-8,17H,1H3. The number of hydrogen-bond donors (Lipinski definition) is 1. The van der Waals surface area contributed by atoms with E-state index in [-0.39, 0.29) is 4.21 Å². The van der Waals surface area contributed by atoms with Crippen molar-refractivity contribution < 1.29 is 8.42 Å². The van der Waals surface area contributed by atoms with Gasteiger partial charge < -0.3 is 0 Å². The first-order valence-corrected chi connectivity index (χ1v) is 8.88. The van der Waals surface area contributed by atoms with Crippen LogP contribution in [0.15, 0.2) is 47.1 Å². The van der Waals surface area contributed by atoms with Crippen molar-refractivity contribution in [3.05, 3.63) is 53.0 Å². The van der Waals surface area contributed by atoms with Crippen LogP contribution < -0.4 is 4.72 Å². The third-order valence-corrected chi connectivity index (χ3v) is 5.99. The van der Waals surface area contributed by atoms with Crippen LogP contribution in [0.4, 0.5) is 5.69 Å². The smallest absolute Gasteiger partial charge is 0.271 e. The van der Waals surface area contributed by atoms with Gasteiger partial charge in [0.25, 0.3) is 10.0 Å². The van der Waals surface area contributed by atoms with E-state index in [1.807, 2.05) is 6.92 Å². The molecule has 0 atom stereocenters. The topological polar surface area (TPSA) is 76.9 Å². The molecule has 0 saturated carbocycles. The molecule has 0 fully saturated rings. The van der Waals surface area contributed by atoms with Gasteiger partial charge in [0.15, 0.2) is 0 Å². The molecule has 3 rings (SSSR count). The van der Waals surface area contributed by atoms with Gasteiger partial charge in [0, 0.05) is 12.4 Å². The third kappa shape index (κ3) is 2.99. The first-order valence-electron chi connectivity index (χ1n) is 6.20. The summed E-state index contributed by atoms with van der Waals surface area (Å²) < 4.78 is 29.2. The van der Waals surface area contributed by atoms with Crippen LogP contribution in [0.2, 0.25) is 4.34 Å². The van der Waals surface area contributed by atoms with E-state index < -0.39 is 10.0 Å². The summed E-state index contributed by atoms with van der Waals surface area (Å²) in [6, 6.07) is 6.37. The Bertz CT molecular complexity index is 900. The van der Waals surface area contributed by atoms with Gasteiger partial charge in [-0.05, 0) is 31.2 Å². The molecule has 9 heteroatoms. The van der Waals surface area contributed by atoms with Crippen LogP contribution in [0.5, 0.6) is 0 Å². The molecule has 1 N–H and O–H groups in total. The minimum Gasteiger partial charge on any atom is -0.288 e. The Hall–Kier alpha value is -1.90. The zero-order valence-corrected chi connectivity index (χ0v) is 13.8. The summed E-state index contributed by atoms with van der Waals surface area (Å²) in [5.41, 5.74) is 0.381. The zero-order chi connectivity index (χ0) is 15.7. The number of anilines is 1. The lowest BCUT2D eigenvalue weighted by molar-refractivity contribution is 0.603. The van der Waals surface area contributed by atoms with Crippen molar-refractivity contribution in [1.29, 1.82) is 0 Å². The van der Waals surface area contributed by atoms with Crippen LogP contribution in [0.3, 0.4) is 0 Å². The maximum atomic E-state index is 12.2. The summed E-state index contributed by atoms with van der Waals surface area (Å²) in [5.74, 6) is 1.46. The van der Waals surface area contributed by atoms with E-state index in [4.69, 9.17) is 11.6 Å². The minimum absolute atomic E-state index is 0.159. The highest BCUT2D eigenvalue weighted by atomic mass is 35.5. The van der Waals surface area contributed by atoms with Gasteiger partial charge in [0.05, 0.1) is 16.2 Å². The fourth-order valence-electron chi connectivity index (χ4n) is 1.86. The number of nitrogens with zero attached hydrogens (tertiary/aromatic N) is 3. The number of aromatic nitrogens is 3. The molecule has 0 spiro atoms. The SMILES string of the molecule is Cc1nccn1-c1ccc(NS(=O)(=O)c2ccc(Cl)s2)cn1. The van der Waals surface area contributed by atoms with Crippen molar-refractivity contribution in [3.63, 3.8) is 0 Å². The van der Waals surface area contributed by atoms with Gasteiger partial charge in [0.1, 0.15) is 15.9 Å². The molecule has 3 aromatic heterocycles. The average molecular weight is 355 g/mol. The molecule has 0 saturated heterocycles. The fraction of sp³-hybridized carbons (Fsp3) is 0.0769. The van der Waals surface area contributed by atoms with Crippen molar-refractivity contribution in [1.82, 2.24) is 14.5 Å². The van der Waals surface area contributed by atoms with E-state index in [1.165, 1.54) is 12.3 Å². The van der Waals surface area contributed by atoms with Gasteiger partial charge in [0.2, 0.25) is 0 Å². The van der Waals surface area contributed by atoms with Crippen LogP contribution in [0.25, 0.3) is 5.82 Å². The maximum Gasteiger partial charge on any atom is 0.271 e. The summed E-state index contributed by atoms with van der Waals surface area (Å²) in [6.45, 7) is 1.86. The highest BCUT2D eigenvalue weighted by Gasteiger charge is 2.17. The molecular formula is C13H11ClN4O2S2. The molecular weight excluding hydrogens is 344 g/mol. The van der Waals surface area contributed by atoms with E-state index in [0.29, 0.717) is 15.8 Å². The molecule has 3 heterocycles. The normalized spacial score (nSPS) is 11.5. The van der Waals surface area contributed by atoms with Crippen LogP contribution in [-0.4, -0.2) is 23.0 Å². The lowest BCUT2D eigenvalue weighted by atomic mass is 10.4. The van der Waals surface area contributed by atoms with Crippen molar-refractivity contribution in [2.24, 2.45) is 0 Å². The van der Waals surface area contributed by atoms with E-state index in [0.717, 1.165) is 17.2 Å². The van der Waals surface area contributed by atoms with Gasteiger partial charge in [-0.1, -0.05) is 11.6 Å². The number of pyridine rings is 1. The molecule has 0 aliphatic carbocycles. The Morgan fingerprint density at radius 2 is 2.05 bits per heavy atom. The zero-order valence-electron chi connectivity index (χ0n) is 11.4. The first kappa shape index (κ1) is 15.0. The predicted molar refractivity (Wildman–Crippen MR) is 86.2 cm³/mol. The Kier molecular flexibility index (Phi) is 3.90. The Labute approximate surface area is 136 Å². The molecule has 0 aliphatic rings. The van der Waals surface area contributed by atoms with Crippen LogP contribution in [0.1, 0.15) is 5.82 Å². The Morgan fingerprint density at radius 1 is 1.23 bits per heavy atom. The van der Waals surface area contributed by atoms with Crippen LogP contribution in [0, 0.1) is 6.92 Å². The van der Waals surface area contributed by atoms with Gasteiger partial charge in [-0.15, -0.1) is 11.3 Å². The van der Waals surface area contributed by atoms with E-state index in [1.54, 1.807) is 35.2 Å². The number of thiophene rings is 1. The third-order valence-electron chi connectivity index (χ3n) is 2.89. The maximum absolute atomic E-state index is 12.2. The first-order chi connectivity index (χ1) is 10.5. The number of nitrogens with one attached hydrogen (secondary N) is 1. The number of aryl methyl sites for hydroxylation is 1. The van der Waals surface area contributed by atoms with Gasteiger partial charge >= 0.3 is 0 Å². The number of sulfonamides is 1. The second-order valence-electron chi connectivity index (χ2n) is 4.41. The summed E-state index contributed by atoms with van der Waals surface area (Å²) >= 11 is 6.77. The number of rotatable bonds is 4. The average Bonchev–Trinajstić information content (AvgIpc) is 3.08. The minimum atomic E-state index is -3.64. The van der Waals surface area contributed by atoms with Crippen molar-refractivity contribution >= 4 is 38.6 Å². The van der Waals surface area contributed by atoms with E-state index in [9.17, 15) is 8.42 Å². The summed E-state index contributed by atoms with van der Waals surface area (Å²) in [6.07, 6.45) is 4.92. The highest BCUT2D eigenvalue weighted by molar-refractivity contribution is 7.94. The van der Waals surface area contributed by atoms with Crippen molar-refractivity contribution in [2.75, 3.05) is 4.72 Å². The van der Waals surface area contributed by atoms with Gasteiger partial charge in [-0.2, -0.15) is 0 Å². The molecule has 0 bridgehead atoms. The Morgan fingerprint density at radius 3 is 2.59 bits per heavy atom. The van der Waals surface area contributed by atoms with Crippen LogP contribution in [-0.2, 0) is 10.0 Å². The summed E-state index contributed by atoms with van der Waals surface area (Å²) in [7, 11) is -3.64. The highest BCUT2D eigenvalue weighted by Crippen LogP contribution is 2.27. The van der Waals surface area contributed by atoms with Crippen molar-refractivity contribution in [3.8, 4) is 5.82 Å². The van der Waals surface area contributed by atoms with E-state index in [2.05, 4.69) is 14.7 Å². The van der Waals surface area contributed by atoms with E-state index >= 15 is 0 Å². The summed E-state index contributed by atoms with van der Waals surface area (Å²) in [5, 5.41) is 0. The predicted octanol–water partition coefficient (Wildman–Crippen LogP) is 3.09. The molecule has 0 amide bonds. The number of halogens is 1. The molecule has 114 valence electrons. The van der Waals surface area contributed by atoms with Gasteiger partial charge in [-0.25, -0.2) is 18.4 Å². The monoisotopic (exact) mass is 354 g/mol. The second-order valence-corrected chi connectivity index (χ2v) is 8.04. The Balaban J connectivity index is 1.84. The van der Waals surface area contributed by atoms with Crippen molar-refractivity contribution in [2.45, 2.75) is 11.1 Å². The quantitative estimate of drug-likeness (QED) is 0.781. The van der Waals surface area contributed by atoms with Crippen LogP contribution >= 0.6 is 22.9 Å². The molecule has 6 nitrogen and oxygen atoms in total. The van der Waals surface area contributed by atoms with Gasteiger partial charge in [-0.3, -0.25) is 9.29 Å². The molecule has 22 heavy (non-hydrogen) atoms. The number of hydrogen-bond acceptors (Lipinski definition) is 5. The molecule has 0 aliphatic heterocycles. The molecule has 0 radical (unpaired) electrons. The summed E-state index contributed by atoms with van der Waals surface area (Å²) in [4.78, 5) is 8.36. The lowest BCUT2D eigenvalue weighted by Crippen LogP contribution is -2.11. The largest absolute Gasteiger partial charge is 0.288 e.